The van der Waals surface area contributed by atoms with E-state index in [0.29, 0.717) is 19.6 Å². The fourth-order valence-electron chi connectivity index (χ4n) is 5.36. The number of hydrogen-bond donors (Lipinski definition) is 1. The topological polar surface area (TPSA) is 58.6 Å². The number of fused-ring (bicyclic) bond motifs is 1. The first kappa shape index (κ1) is 22.2. The van der Waals surface area contributed by atoms with Gasteiger partial charge in [0.1, 0.15) is 12.4 Å². The van der Waals surface area contributed by atoms with Gasteiger partial charge in [-0.1, -0.05) is 50.3 Å². The molecule has 2 amide bonds. The van der Waals surface area contributed by atoms with Crippen LogP contribution in [-0.2, 0) is 16.0 Å². The van der Waals surface area contributed by atoms with Crippen LogP contribution in [0.4, 0.5) is 0 Å². The second kappa shape index (κ2) is 10.5. The molecule has 170 valence electrons. The summed E-state index contributed by atoms with van der Waals surface area (Å²) in [4.78, 5) is 27.9. The predicted octanol–water partition coefficient (Wildman–Crippen LogP) is 4.49. The van der Waals surface area contributed by atoms with Crippen molar-refractivity contribution >= 4 is 11.8 Å². The molecule has 4 rings (SSSR count). The van der Waals surface area contributed by atoms with Crippen LogP contribution >= 0.6 is 0 Å². The highest BCUT2D eigenvalue weighted by atomic mass is 16.5. The van der Waals surface area contributed by atoms with Gasteiger partial charge in [-0.15, -0.1) is 0 Å². The van der Waals surface area contributed by atoms with Crippen molar-refractivity contribution in [2.75, 3.05) is 26.2 Å². The highest BCUT2D eigenvalue weighted by Gasteiger charge is 2.41. The molecule has 1 aromatic rings. The molecular formula is C26H38N2O3. The minimum atomic E-state index is -0.328. The van der Waals surface area contributed by atoms with Gasteiger partial charge in [-0.3, -0.25) is 9.59 Å². The lowest BCUT2D eigenvalue weighted by atomic mass is 9.73. The molecule has 2 heterocycles. The molecule has 0 radical (unpaired) electrons. The van der Waals surface area contributed by atoms with Gasteiger partial charge in [-0.05, 0) is 56.1 Å². The van der Waals surface area contributed by atoms with Gasteiger partial charge in [-0.25, -0.2) is 0 Å². The summed E-state index contributed by atoms with van der Waals surface area (Å²) in [6, 6.07) is 8.24. The number of carbonyl (C=O) groups excluding carboxylic acids is 2. The summed E-state index contributed by atoms with van der Waals surface area (Å²) < 4.78 is 5.97. The van der Waals surface area contributed by atoms with Gasteiger partial charge < -0.3 is 15.0 Å². The maximum atomic E-state index is 13.2. The Labute approximate surface area is 186 Å². The summed E-state index contributed by atoms with van der Waals surface area (Å²) >= 11 is 0. The van der Waals surface area contributed by atoms with Gasteiger partial charge in [-0.2, -0.15) is 0 Å². The molecule has 31 heavy (non-hydrogen) atoms. The first-order valence-corrected chi connectivity index (χ1v) is 12.4. The molecule has 1 spiro atoms. The number of benzene rings is 1. The van der Waals surface area contributed by atoms with Gasteiger partial charge in [0.15, 0.2) is 0 Å². The zero-order valence-corrected chi connectivity index (χ0v) is 18.9. The van der Waals surface area contributed by atoms with Crippen LogP contribution in [0.2, 0.25) is 0 Å². The Balaban J connectivity index is 1.32. The van der Waals surface area contributed by atoms with Crippen molar-refractivity contribution in [1.82, 2.24) is 10.2 Å². The van der Waals surface area contributed by atoms with E-state index < -0.39 is 0 Å². The second-order valence-corrected chi connectivity index (χ2v) is 9.77. The monoisotopic (exact) mass is 426 g/mol. The van der Waals surface area contributed by atoms with Crippen molar-refractivity contribution in [3.63, 3.8) is 0 Å². The Hall–Kier alpha value is -2.04. The summed E-state index contributed by atoms with van der Waals surface area (Å²) in [5, 5.41) is 3.14. The fraction of sp³-hybridized carbons (Fsp3) is 0.692. The number of nitrogens with zero attached hydrogens (tertiary/aromatic N) is 1. The third-order valence-electron chi connectivity index (χ3n) is 7.77. The molecular weight excluding hydrogens is 388 g/mol. The maximum absolute atomic E-state index is 13.2. The SMILES string of the molecule is O=C(CCC1CCC1)N1CCC2(CCCCCc3ccccc3OCCNC2=O)CC1. The normalized spacial score (nSPS) is 22.7. The van der Waals surface area contributed by atoms with Gasteiger partial charge in [0.2, 0.25) is 11.8 Å². The highest BCUT2D eigenvalue weighted by Crippen LogP contribution is 2.38. The van der Waals surface area contributed by atoms with E-state index in [4.69, 9.17) is 4.74 Å². The maximum Gasteiger partial charge on any atom is 0.226 e. The minimum Gasteiger partial charge on any atom is -0.491 e. The molecule has 3 aliphatic rings. The number of piperidine rings is 1. The van der Waals surface area contributed by atoms with Crippen LogP contribution in [-0.4, -0.2) is 43.0 Å². The van der Waals surface area contributed by atoms with E-state index in [2.05, 4.69) is 17.4 Å². The van der Waals surface area contributed by atoms with Crippen LogP contribution in [0.25, 0.3) is 0 Å². The van der Waals surface area contributed by atoms with Crippen molar-refractivity contribution in [3.8, 4) is 5.75 Å². The van der Waals surface area contributed by atoms with Crippen molar-refractivity contribution in [2.45, 2.75) is 77.0 Å². The lowest BCUT2D eigenvalue weighted by Gasteiger charge is -2.41. The summed E-state index contributed by atoms with van der Waals surface area (Å²) in [6.07, 6.45) is 12.5. The van der Waals surface area contributed by atoms with E-state index >= 15 is 0 Å². The Morgan fingerprint density at radius 2 is 1.87 bits per heavy atom. The number of aryl methyl sites for hydroxylation is 1. The molecule has 1 saturated heterocycles. The van der Waals surface area contributed by atoms with Crippen molar-refractivity contribution < 1.29 is 14.3 Å². The van der Waals surface area contributed by atoms with Gasteiger partial charge in [0.05, 0.1) is 12.0 Å². The number of amides is 2. The zero-order chi connectivity index (χ0) is 21.5. The second-order valence-electron chi connectivity index (χ2n) is 9.77. The molecule has 0 bridgehead atoms. The third kappa shape index (κ3) is 5.61. The van der Waals surface area contributed by atoms with E-state index in [0.717, 1.165) is 76.1 Å². The van der Waals surface area contributed by atoms with Crippen LogP contribution in [0.15, 0.2) is 24.3 Å². The first-order valence-electron chi connectivity index (χ1n) is 12.4. The van der Waals surface area contributed by atoms with Crippen molar-refractivity contribution in [2.24, 2.45) is 11.3 Å². The van der Waals surface area contributed by atoms with Crippen LogP contribution in [0, 0.1) is 11.3 Å². The van der Waals surface area contributed by atoms with Gasteiger partial charge in [0.25, 0.3) is 0 Å². The van der Waals surface area contributed by atoms with E-state index in [-0.39, 0.29) is 17.2 Å². The number of ether oxygens (including phenoxy) is 1. The standard InChI is InChI=1S/C26H38N2O3/c29-24(13-12-21-7-6-8-21)28-18-15-26(16-19-28)14-5-1-2-9-22-10-3-4-11-23(22)31-20-17-27-25(26)30/h3-4,10-11,21H,1-2,5-9,12-20H2,(H,27,30). The Morgan fingerprint density at radius 1 is 1.06 bits per heavy atom. The molecule has 5 heteroatoms. The summed E-state index contributed by atoms with van der Waals surface area (Å²) in [5.74, 6) is 2.16. The number of nitrogens with one attached hydrogen (secondary N) is 1. The average molecular weight is 427 g/mol. The van der Waals surface area contributed by atoms with Gasteiger partial charge >= 0.3 is 0 Å². The van der Waals surface area contributed by atoms with E-state index in [1.165, 1.54) is 24.8 Å². The van der Waals surface area contributed by atoms with E-state index in [9.17, 15) is 9.59 Å². The highest BCUT2D eigenvalue weighted by molar-refractivity contribution is 5.83. The average Bonchev–Trinajstić information content (AvgIpc) is 2.77. The van der Waals surface area contributed by atoms with E-state index in [1.807, 2.05) is 17.0 Å². The molecule has 0 unspecified atom stereocenters. The lowest BCUT2D eigenvalue weighted by Crippen LogP contribution is -2.50. The Morgan fingerprint density at radius 3 is 2.65 bits per heavy atom. The van der Waals surface area contributed by atoms with Crippen LogP contribution in [0.5, 0.6) is 5.75 Å². The Bertz CT molecular complexity index is 751. The van der Waals surface area contributed by atoms with E-state index in [1.54, 1.807) is 0 Å². The fourth-order valence-corrected chi connectivity index (χ4v) is 5.36. The summed E-state index contributed by atoms with van der Waals surface area (Å²) in [7, 11) is 0. The molecule has 2 fully saturated rings. The van der Waals surface area contributed by atoms with Crippen LogP contribution < -0.4 is 10.1 Å². The van der Waals surface area contributed by atoms with Crippen molar-refractivity contribution in [3.05, 3.63) is 29.8 Å². The molecule has 1 N–H and O–H groups in total. The summed E-state index contributed by atoms with van der Waals surface area (Å²) in [6.45, 7) is 2.46. The number of carbonyl (C=O) groups is 2. The quantitative estimate of drug-likeness (QED) is 0.775. The molecule has 1 aromatic carbocycles. The van der Waals surface area contributed by atoms with Crippen LogP contribution in [0.3, 0.4) is 0 Å². The Kier molecular flexibility index (Phi) is 7.52. The van der Waals surface area contributed by atoms with Crippen molar-refractivity contribution in [1.29, 1.82) is 0 Å². The molecule has 1 saturated carbocycles. The van der Waals surface area contributed by atoms with Gasteiger partial charge in [0, 0.05) is 19.5 Å². The molecule has 1 aliphatic carbocycles. The third-order valence-corrected chi connectivity index (χ3v) is 7.77. The number of rotatable bonds is 3. The predicted molar refractivity (Wildman–Crippen MR) is 122 cm³/mol. The number of para-hydroxylation sites is 1. The largest absolute Gasteiger partial charge is 0.491 e. The number of likely N-dealkylation sites (tertiary alicyclic amines) is 1. The molecule has 0 atom stereocenters. The number of hydrogen-bond acceptors (Lipinski definition) is 3. The summed E-state index contributed by atoms with van der Waals surface area (Å²) in [5.41, 5.74) is 0.933. The van der Waals surface area contributed by atoms with Crippen LogP contribution in [0.1, 0.15) is 76.2 Å². The first-order chi connectivity index (χ1) is 15.2. The molecule has 5 nitrogen and oxygen atoms in total. The molecule has 2 aliphatic heterocycles. The minimum absolute atomic E-state index is 0.158. The molecule has 0 aromatic heterocycles. The zero-order valence-electron chi connectivity index (χ0n) is 18.9. The lowest BCUT2D eigenvalue weighted by molar-refractivity contribution is -0.141. The smallest absolute Gasteiger partial charge is 0.226 e.